The molecule has 22 heavy (non-hydrogen) atoms. The highest BCUT2D eigenvalue weighted by atomic mass is 19.4. The lowest BCUT2D eigenvalue weighted by molar-refractivity contribution is -0.146. The van der Waals surface area contributed by atoms with Gasteiger partial charge in [0.25, 0.3) is 11.5 Å². The largest absolute Gasteiger partial charge is 0.401 e. The summed E-state index contributed by atoms with van der Waals surface area (Å²) < 4.78 is 37.5. The number of hydrogen-bond acceptors (Lipinski definition) is 4. The van der Waals surface area contributed by atoms with Crippen molar-refractivity contribution >= 4 is 5.91 Å². The minimum absolute atomic E-state index is 0.0937. The monoisotopic (exact) mass is 318 g/mol. The molecular formula is C13H17F3N4O2. The number of carbonyl (C=O) groups excluding carboxylic acids is 1. The Hall–Kier alpha value is -1.90. The average Bonchev–Trinajstić information content (AvgIpc) is 2.57. The highest BCUT2D eigenvalue weighted by Crippen LogP contribution is 2.19. The number of aromatic amines is 1. The van der Waals surface area contributed by atoms with Gasteiger partial charge in [-0.1, -0.05) is 6.92 Å². The molecule has 122 valence electrons. The molecular weight excluding hydrogens is 301 g/mol. The van der Waals surface area contributed by atoms with Crippen LogP contribution in [0.5, 0.6) is 0 Å². The summed E-state index contributed by atoms with van der Waals surface area (Å²) >= 11 is 0. The van der Waals surface area contributed by atoms with E-state index < -0.39 is 18.3 Å². The number of H-pyrrole nitrogens is 1. The summed E-state index contributed by atoms with van der Waals surface area (Å²) in [5.41, 5.74) is -0.354. The molecule has 0 radical (unpaired) electrons. The van der Waals surface area contributed by atoms with Crippen LogP contribution in [0.1, 0.15) is 17.3 Å². The van der Waals surface area contributed by atoms with Crippen LogP contribution >= 0.6 is 0 Å². The number of aromatic nitrogens is 2. The lowest BCUT2D eigenvalue weighted by Crippen LogP contribution is -2.38. The molecule has 1 aromatic heterocycles. The van der Waals surface area contributed by atoms with Crippen LogP contribution in [0.25, 0.3) is 0 Å². The Labute approximate surface area is 124 Å². The van der Waals surface area contributed by atoms with Crippen LogP contribution in [0.15, 0.2) is 17.1 Å². The molecule has 0 aromatic carbocycles. The molecule has 1 aromatic rings. The van der Waals surface area contributed by atoms with E-state index in [4.69, 9.17) is 0 Å². The molecule has 1 aliphatic rings. The van der Waals surface area contributed by atoms with Crippen molar-refractivity contribution in [3.05, 3.63) is 28.2 Å². The van der Waals surface area contributed by atoms with Gasteiger partial charge in [0.1, 0.15) is 0 Å². The van der Waals surface area contributed by atoms with E-state index in [0.717, 1.165) is 6.07 Å². The number of halogens is 3. The fraction of sp³-hybridized carbons (Fsp3) is 0.615. The summed E-state index contributed by atoms with van der Waals surface area (Å²) in [7, 11) is 0. The first kappa shape index (κ1) is 16.5. The van der Waals surface area contributed by atoms with Crippen molar-refractivity contribution in [3.8, 4) is 0 Å². The maximum absolute atomic E-state index is 12.5. The first-order valence-corrected chi connectivity index (χ1v) is 6.88. The molecule has 0 aliphatic carbocycles. The molecule has 1 amide bonds. The third-order valence-electron chi connectivity index (χ3n) is 3.39. The molecule has 0 spiro atoms. The van der Waals surface area contributed by atoms with E-state index in [2.05, 4.69) is 10.2 Å². The third kappa shape index (κ3) is 4.55. The lowest BCUT2D eigenvalue weighted by Gasteiger charge is -2.22. The number of rotatable bonds is 2. The van der Waals surface area contributed by atoms with Gasteiger partial charge in [-0.25, -0.2) is 5.10 Å². The van der Waals surface area contributed by atoms with Crippen molar-refractivity contribution in [2.75, 3.05) is 32.7 Å². The second-order valence-corrected chi connectivity index (χ2v) is 5.54. The van der Waals surface area contributed by atoms with Crippen LogP contribution in [-0.4, -0.2) is 64.8 Å². The van der Waals surface area contributed by atoms with Crippen LogP contribution in [0.3, 0.4) is 0 Å². The zero-order valence-corrected chi connectivity index (χ0v) is 12.1. The van der Waals surface area contributed by atoms with Crippen LogP contribution in [0, 0.1) is 5.92 Å². The number of nitrogens with one attached hydrogen (secondary N) is 1. The van der Waals surface area contributed by atoms with Gasteiger partial charge in [-0.3, -0.25) is 14.5 Å². The van der Waals surface area contributed by atoms with E-state index in [-0.39, 0.29) is 37.0 Å². The average molecular weight is 318 g/mol. The molecule has 1 N–H and O–H groups in total. The van der Waals surface area contributed by atoms with Gasteiger partial charge < -0.3 is 4.90 Å². The molecule has 1 saturated heterocycles. The molecule has 1 atom stereocenters. The van der Waals surface area contributed by atoms with Crippen LogP contribution in [0.4, 0.5) is 13.2 Å². The summed E-state index contributed by atoms with van der Waals surface area (Å²) in [6, 6.07) is 1.14. The van der Waals surface area contributed by atoms with Gasteiger partial charge in [-0.05, 0) is 5.92 Å². The number of hydrogen-bond donors (Lipinski definition) is 1. The Morgan fingerprint density at radius 1 is 1.41 bits per heavy atom. The maximum atomic E-state index is 12.5. The van der Waals surface area contributed by atoms with Gasteiger partial charge in [0.15, 0.2) is 0 Å². The van der Waals surface area contributed by atoms with Gasteiger partial charge in [0, 0.05) is 32.2 Å². The second kappa shape index (κ2) is 6.47. The molecule has 9 heteroatoms. The highest BCUT2D eigenvalue weighted by Gasteiger charge is 2.33. The SMILES string of the molecule is CC1CN(CC(F)(F)F)CCN(C(=O)c2cn[nH]c(=O)c2)C1. The third-order valence-corrected chi connectivity index (χ3v) is 3.39. The van der Waals surface area contributed by atoms with Crippen molar-refractivity contribution in [2.45, 2.75) is 13.1 Å². The molecule has 0 bridgehead atoms. The lowest BCUT2D eigenvalue weighted by atomic mass is 10.1. The van der Waals surface area contributed by atoms with E-state index in [0.29, 0.717) is 6.54 Å². The molecule has 2 rings (SSSR count). The molecule has 1 fully saturated rings. The number of alkyl halides is 3. The van der Waals surface area contributed by atoms with Gasteiger partial charge in [0.05, 0.1) is 18.3 Å². The van der Waals surface area contributed by atoms with Gasteiger partial charge in [-0.15, -0.1) is 0 Å². The summed E-state index contributed by atoms with van der Waals surface area (Å²) in [4.78, 5) is 26.3. The topological polar surface area (TPSA) is 69.3 Å². The number of amides is 1. The molecule has 0 saturated carbocycles. The second-order valence-electron chi connectivity index (χ2n) is 5.54. The van der Waals surface area contributed by atoms with Crippen LogP contribution < -0.4 is 5.56 Å². The molecule has 1 aliphatic heterocycles. The Balaban J connectivity index is 2.07. The fourth-order valence-electron chi connectivity index (χ4n) is 2.58. The number of carbonyl (C=O) groups is 1. The van der Waals surface area contributed by atoms with Gasteiger partial charge in [-0.2, -0.15) is 18.3 Å². The van der Waals surface area contributed by atoms with Crippen molar-refractivity contribution in [2.24, 2.45) is 5.92 Å². The Kier molecular flexibility index (Phi) is 4.84. The van der Waals surface area contributed by atoms with Gasteiger partial charge >= 0.3 is 6.18 Å². The van der Waals surface area contributed by atoms with E-state index in [1.807, 2.05) is 0 Å². The molecule has 2 heterocycles. The fourth-order valence-corrected chi connectivity index (χ4v) is 2.58. The van der Waals surface area contributed by atoms with Crippen LogP contribution in [-0.2, 0) is 0 Å². The quantitative estimate of drug-likeness (QED) is 0.873. The number of nitrogens with zero attached hydrogens (tertiary/aromatic N) is 3. The summed E-state index contributed by atoms with van der Waals surface area (Å²) in [5.74, 6) is -0.483. The van der Waals surface area contributed by atoms with E-state index in [9.17, 15) is 22.8 Å². The van der Waals surface area contributed by atoms with E-state index >= 15 is 0 Å². The zero-order chi connectivity index (χ0) is 16.3. The van der Waals surface area contributed by atoms with Crippen molar-refractivity contribution in [1.82, 2.24) is 20.0 Å². The standard InChI is InChI=1S/C13H17F3N4O2/c1-9-6-19(8-13(14,15)16)2-3-20(7-9)12(22)10-4-11(21)18-17-5-10/h4-5,9H,2-3,6-8H2,1H3,(H,18,21). The summed E-state index contributed by atoms with van der Waals surface area (Å²) in [5, 5.41) is 5.74. The predicted molar refractivity (Wildman–Crippen MR) is 72.4 cm³/mol. The highest BCUT2D eigenvalue weighted by molar-refractivity contribution is 5.93. The Bertz CT molecular complexity index is 587. The zero-order valence-electron chi connectivity index (χ0n) is 12.1. The van der Waals surface area contributed by atoms with Crippen molar-refractivity contribution in [1.29, 1.82) is 0 Å². The first-order chi connectivity index (χ1) is 10.2. The molecule has 6 nitrogen and oxygen atoms in total. The van der Waals surface area contributed by atoms with E-state index in [1.54, 1.807) is 6.92 Å². The summed E-state index contributed by atoms with van der Waals surface area (Å²) in [6.07, 6.45) is -3.01. The van der Waals surface area contributed by atoms with Crippen molar-refractivity contribution in [3.63, 3.8) is 0 Å². The minimum atomic E-state index is -4.25. The molecule has 1 unspecified atom stereocenters. The maximum Gasteiger partial charge on any atom is 0.401 e. The van der Waals surface area contributed by atoms with Crippen LogP contribution in [0.2, 0.25) is 0 Å². The Morgan fingerprint density at radius 3 is 2.77 bits per heavy atom. The van der Waals surface area contributed by atoms with Crippen molar-refractivity contribution < 1.29 is 18.0 Å². The van der Waals surface area contributed by atoms with E-state index in [1.165, 1.54) is 16.0 Å². The Morgan fingerprint density at radius 2 is 2.14 bits per heavy atom. The summed E-state index contributed by atoms with van der Waals surface area (Å²) in [6.45, 7) is 1.77. The minimum Gasteiger partial charge on any atom is -0.337 e. The smallest absolute Gasteiger partial charge is 0.337 e. The normalized spacial score (nSPS) is 20.7. The predicted octanol–water partition coefficient (Wildman–Crippen LogP) is 0.726. The van der Waals surface area contributed by atoms with Gasteiger partial charge in [0.2, 0.25) is 0 Å². The first-order valence-electron chi connectivity index (χ1n) is 6.88.